The zero-order valence-electron chi connectivity index (χ0n) is 8.18. The van der Waals surface area contributed by atoms with Crippen molar-refractivity contribution in [1.82, 2.24) is 0 Å². The summed E-state index contributed by atoms with van der Waals surface area (Å²) in [4.78, 5) is 14.1. The molecule has 0 bridgehead atoms. The molecule has 1 aliphatic rings. The number of carbonyl (C=O) groups excluding carboxylic acids is 1. The second kappa shape index (κ2) is 4.15. The van der Waals surface area contributed by atoms with Crippen molar-refractivity contribution < 1.29 is 4.79 Å². The van der Waals surface area contributed by atoms with Crippen molar-refractivity contribution in [3.63, 3.8) is 0 Å². The fourth-order valence-corrected chi connectivity index (χ4v) is 3.52. The van der Waals surface area contributed by atoms with Gasteiger partial charge in [0.1, 0.15) is 0 Å². The van der Waals surface area contributed by atoms with Gasteiger partial charge in [0.25, 0.3) is 0 Å². The summed E-state index contributed by atoms with van der Waals surface area (Å²) in [7, 11) is 0. The third-order valence-corrected chi connectivity index (χ3v) is 4.98. The lowest BCUT2D eigenvalue weighted by atomic mass is 10.0. The van der Waals surface area contributed by atoms with Crippen LogP contribution in [0.15, 0.2) is 10.5 Å². The molecular formula is C11H13BrOS. The highest BCUT2D eigenvalue weighted by Gasteiger charge is 2.25. The van der Waals surface area contributed by atoms with E-state index in [2.05, 4.69) is 15.9 Å². The summed E-state index contributed by atoms with van der Waals surface area (Å²) in [6, 6.07) is 1.97. The van der Waals surface area contributed by atoms with Gasteiger partial charge in [0.05, 0.1) is 4.88 Å². The van der Waals surface area contributed by atoms with E-state index in [-0.39, 0.29) is 0 Å². The highest BCUT2D eigenvalue weighted by molar-refractivity contribution is 9.10. The number of rotatable bonds is 2. The van der Waals surface area contributed by atoms with E-state index in [1.165, 1.54) is 17.7 Å². The van der Waals surface area contributed by atoms with Gasteiger partial charge in [-0.1, -0.05) is 12.8 Å². The van der Waals surface area contributed by atoms with E-state index in [0.717, 1.165) is 22.2 Å². The molecule has 0 aromatic carbocycles. The first-order chi connectivity index (χ1) is 6.68. The summed E-state index contributed by atoms with van der Waals surface area (Å²) in [5.74, 6) is 0.668. The van der Waals surface area contributed by atoms with Crippen molar-refractivity contribution in [3.8, 4) is 0 Å². The fourth-order valence-electron chi connectivity index (χ4n) is 1.97. The Morgan fingerprint density at radius 3 is 2.64 bits per heavy atom. The van der Waals surface area contributed by atoms with E-state index in [9.17, 15) is 4.79 Å². The minimum atomic E-state index is 0.306. The lowest BCUT2D eigenvalue weighted by Gasteiger charge is -2.04. The monoisotopic (exact) mass is 272 g/mol. The van der Waals surface area contributed by atoms with Crippen LogP contribution in [-0.2, 0) is 0 Å². The third kappa shape index (κ3) is 1.94. The molecule has 14 heavy (non-hydrogen) atoms. The number of hydrogen-bond donors (Lipinski definition) is 0. The molecule has 0 saturated heterocycles. The van der Waals surface area contributed by atoms with Gasteiger partial charge < -0.3 is 0 Å². The molecule has 0 unspecified atom stereocenters. The second-order valence-electron chi connectivity index (χ2n) is 3.86. The van der Waals surface area contributed by atoms with Gasteiger partial charge in [-0.15, -0.1) is 11.3 Å². The molecule has 1 nitrogen and oxygen atoms in total. The lowest BCUT2D eigenvalue weighted by molar-refractivity contribution is 0.0927. The first-order valence-electron chi connectivity index (χ1n) is 4.98. The number of Topliss-reactive ketones (excluding diaryl/α,β-unsaturated/α-hetero) is 1. The molecule has 0 aliphatic heterocycles. The average Bonchev–Trinajstić information content (AvgIpc) is 2.76. The Labute approximate surface area is 96.6 Å². The Morgan fingerprint density at radius 1 is 1.50 bits per heavy atom. The number of hydrogen-bond acceptors (Lipinski definition) is 2. The highest BCUT2D eigenvalue weighted by atomic mass is 79.9. The summed E-state index contributed by atoms with van der Waals surface area (Å²) in [5, 5.41) is 0. The minimum Gasteiger partial charge on any atom is -0.293 e. The van der Waals surface area contributed by atoms with Gasteiger partial charge in [-0.05, 0) is 41.8 Å². The summed E-state index contributed by atoms with van der Waals surface area (Å²) >= 11 is 5.06. The topological polar surface area (TPSA) is 17.1 Å². The van der Waals surface area contributed by atoms with E-state index in [1.807, 2.05) is 13.0 Å². The molecule has 0 N–H and O–H groups in total. The standard InChI is InChI=1S/C11H13BrOS/c1-7-9(12)6-10(14-7)11(13)8-4-2-3-5-8/h6,8H,2-5H2,1H3. The Hall–Kier alpha value is -0.150. The molecule has 0 amide bonds. The number of ketones is 1. The molecule has 3 heteroatoms. The third-order valence-electron chi connectivity index (χ3n) is 2.83. The zero-order valence-corrected chi connectivity index (χ0v) is 10.6. The molecule has 1 aliphatic carbocycles. The first kappa shape index (κ1) is 10.4. The zero-order chi connectivity index (χ0) is 10.1. The normalized spacial score (nSPS) is 17.6. The maximum atomic E-state index is 12.0. The molecule has 2 rings (SSSR count). The van der Waals surface area contributed by atoms with Gasteiger partial charge in [0, 0.05) is 15.3 Å². The number of carbonyl (C=O) groups is 1. The predicted octanol–water partition coefficient (Wildman–Crippen LogP) is 4.19. The summed E-state index contributed by atoms with van der Waals surface area (Å²) in [5.41, 5.74) is 0. The van der Waals surface area contributed by atoms with Gasteiger partial charge in [0.2, 0.25) is 0 Å². The Morgan fingerprint density at radius 2 is 2.14 bits per heavy atom. The first-order valence-corrected chi connectivity index (χ1v) is 6.59. The lowest BCUT2D eigenvalue weighted by Crippen LogP contribution is -2.08. The molecule has 0 spiro atoms. The highest BCUT2D eigenvalue weighted by Crippen LogP contribution is 2.33. The van der Waals surface area contributed by atoms with Crippen molar-refractivity contribution in [2.75, 3.05) is 0 Å². The largest absolute Gasteiger partial charge is 0.293 e. The van der Waals surface area contributed by atoms with Crippen molar-refractivity contribution >= 4 is 33.0 Å². The van der Waals surface area contributed by atoms with Gasteiger partial charge in [-0.2, -0.15) is 0 Å². The van der Waals surface area contributed by atoms with Crippen molar-refractivity contribution in [2.24, 2.45) is 5.92 Å². The quantitative estimate of drug-likeness (QED) is 0.738. The Kier molecular flexibility index (Phi) is 3.07. The van der Waals surface area contributed by atoms with Crippen LogP contribution in [0.5, 0.6) is 0 Å². The van der Waals surface area contributed by atoms with Gasteiger partial charge >= 0.3 is 0 Å². The Bertz CT molecular complexity index is 331. The average molecular weight is 273 g/mol. The molecule has 1 aromatic heterocycles. The number of halogens is 1. The van der Waals surface area contributed by atoms with Crippen LogP contribution < -0.4 is 0 Å². The molecule has 1 heterocycles. The van der Waals surface area contributed by atoms with Gasteiger partial charge in [0.15, 0.2) is 5.78 Å². The van der Waals surface area contributed by atoms with Gasteiger partial charge in [-0.3, -0.25) is 4.79 Å². The molecule has 1 fully saturated rings. The summed E-state index contributed by atoms with van der Waals surface area (Å²) in [6.45, 7) is 2.04. The second-order valence-corrected chi connectivity index (χ2v) is 5.97. The Balaban J connectivity index is 2.18. The van der Waals surface area contributed by atoms with Crippen molar-refractivity contribution in [3.05, 3.63) is 20.3 Å². The fraction of sp³-hybridized carbons (Fsp3) is 0.545. The van der Waals surface area contributed by atoms with Crippen LogP contribution in [0.2, 0.25) is 0 Å². The van der Waals surface area contributed by atoms with Crippen molar-refractivity contribution in [1.29, 1.82) is 0 Å². The molecule has 1 aromatic rings. The minimum absolute atomic E-state index is 0.306. The van der Waals surface area contributed by atoms with Crippen LogP contribution in [0.1, 0.15) is 40.2 Å². The van der Waals surface area contributed by atoms with E-state index in [4.69, 9.17) is 0 Å². The van der Waals surface area contributed by atoms with Crippen LogP contribution >= 0.6 is 27.3 Å². The van der Waals surface area contributed by atoms with E-state index >= 15 is 0 Å². The summed E-state index contributed by atoms with van der Waals surface area (Å²) in [6.07, 6.45) is 4.63. The van der Waals surface area contributed by atoms with E-state index in [0.29, 0.717) is 11.7 Å². The smallest absolute Gasteiger partial charge is 0.175 e. The number of thiophene rings is 1. The van der Waals surface area contributed by atoms with Crippen LogP contribution in [0.4, 0.5) is 0 Å². The number of aryl methyl sites for hydroxylation is 1. The maximum absolute atomic E-state index is 12.0. The molecular weight excluding hydrogens is 260 g/mol. The van der Waals surface area contributed by atoms with Gasteiger partial charge in [-0.25, -0.2) is 0 Å². The summed E-state index contributed by atoms with van der Waals surface area (Å²) < 4.78 is 1.07. The van der Waals surface area contributed by atoms with Crippen LogP contribution in [0.25, 0.3) is 0 Å². The van der Waals surface area contributed by atoms with Crippen molar-refractivity contribution in [2.45, 2.75) is 32.6 Å². The van der Waals surface area contributed by atoms with E-state index < -0.39 is 0 Å². The van der Waals surface area contributed by atoms with Crippen LogP contribution in [0, 0.1) is 12.8 Å². The van der Waals surface area contributed by atoms with Crippen LogP contribution in [-0.4, -0.2) is 5.78 Å². The molecule has 1 saturated carbocycles. The molecule has 76 valence electrons. The predicted molar refractivity (Wildman–Crippen MR) is 63.0 cm³/mol. The SMILES string of the molecule is Cc1sc(C(=O)C2CCCC2)cc1Br. The van der Waals surface area contributed by atoms with Crippen LogP contribution in [0.3, 0.4) is 0 Å². The molecule has 0 radical (unpaired) electrons. The maximum Gasteiger partial charge on any atom is 0.175 e. The molecule has 0 atom stereocenters. The van der Waals surface area contributed by atoms with E-state index in [1.54, 1.807) is 11.3 Å².